The first-order valence-electron chi connectivity index (χ1n) is 11.6. The normalized spacial score (nSPS) is 13.8. The highest BCUT2D eigenvalue weighted by atomic mass is 32.2. The zero-order valence-electron chi connectivity index (χ0n) is 20.3. The van der Waals surface area contributed by atoms with Gasteiger partial charge in [0.25, 0.3) is 5.91 Å². The van der Waals surface area contributed by atoms with Crippen molar-refractivity contribution in [3.05, 3.63) is 83.9 Å². The average molecular weight is 508 g/mol. The van der Waals surface area contributed by atoms with Crippen LogP contribution in [0, 0.1) is 6.92 Å². The van der Waals surface area contributed by atoms with E-state index >= 15 is 0 Å². The Hall–Kier alpha value is -3.85. The zero-order valence-corrected chi connectivity index (χ0v) is 21.1. The lowest BCUT2D eigenvalue weighted by Crippen LogP contribution is -2.48. The van der Waals surface area contributed by atoms with Gasteiger partial charge in [-0.3, -0.25) is 9.59 Å². The summed E-state index contributed by atoms with van der Waals surface area (Å²) in [6, 6.07) is 20.9. The lowest BCUT2D eigenvalue weighted by atomic mass is 10.1. The number of aryl methyl sites for hydroxylation is 1. The molecule has 1 heterocycles. The number of sulfone groups is 1. The van der Waals surface area contributed by atoms with Crippen molar-refractivity contribution in [2.24, 2.45) is 0 Å². The van der Waals surface area contributed by atoms with E-state index in [1.165, 1.54) is 12.1 Å². The monoisotopic (exact) mass is 507 g/mol. The number of para-hydroxylation sites is 1. The van der Waals surface area contributed by atoms with Crippen LogP contribution in [-0.2, 0) is 14.6 Å². The Morgan fingerprint density at radius 3 is 2.17 bits per heavy atom. The molecule has 0 aromatic heterocycles. The van der Waals surface area contributed by atoms with Crippen LogP contribution in [0.2, 0.25) is 0 Å². The lowest BCUT2D eigenvalue weighted by molar-refractivity contribution is -0.113. The van der Waals surface area contributed by atoms with Crippen molar-refractivity contribution >= 4 is 33.0 Å². The minimum absolute atomic E-state index is 0.0502. The first-order valence-corrected chi connectivity index (χ1v) is 13.3. The molecule has 0 spiro atoms. The van der Waals surface area contributed by atoms with E-state index in [0.29, 0.717) is 43.2 Å². The van der Waals surface area contributed by atoms with Crippen molar-refractivity contribution in [1.82, 2.24) is 4.90 Å². The number of anilines is 2. The maximum atomic E-state index is 12.9. The Labute approximate surface area is 211 Å². The molecule has 0 aliphatic carbocycles. The Bertz CT molecular complexity index is 1330. The summed E-state index contributed by atoms with van der Waals surface area (Å²) in [6.45, 7) is 4.36. The predicted octanol–water partition coefficient (Wildman–Crippen LogP) is 3.38. The summed E-state index contributed by atoms with van der Waals surface area (Å²) in [6.07, 6.45) is 0. The molecule has 0 atom stereocenters. The van der Waals surface area contributed by atoms with Crippen LogP contribution in [0.1, 0.15) is 15.9 Å². The van der Waals surface area contributed by atoms with Gasteiger partial charge in [-0.1, -0.05) is 29.8 Å². The molecule has 0 saturated carbocycles. The van der Waals surface area contributed by atoms with E-state index in [4.69, 9.17) is 4.74 Å². The van der Waals surface area contributed by atoms with Crippen LogP contribution < -0.4 is 15.0 Å². The zero-order chi connectivity index (χ0) is 25.7. The molecule has 3 aromatic carbocycles. The molecule has 1 N–H and O–H groups in total. The van der Waals surface area contributed by atoms with E-state index in [-0.39, 0.29) is 10.8 Å². The second kappa shape index (κ2) is 10.8. The van der Waals surface area contributed by atoms with Crippen LogP contribution in [0.5, 0.6) is 5.75 Å². The van der Waals surface area contributed by atoms with Crippen molar-refractivity contribution in [3.8, 4) is 5.75 Å². The van der Waals surface area contributed by atoms with Gasteiger partial charge in [-0.2, -0.15) is 0 Å². The topological polar surface area (TPSA) is 96.0 Å². The predicted molar refractivity (Wildman–Crippen MR) is 139 cm³/mol. The maximum absolute atomic E-state index is 12.9. The van der Waals surface area contributed by atoms with Crippen LogP contribution in [0.25, 0.3) is 0 Å². The third-order valence-electron chi connectivity index (χ3n) is 6.12. The Morgan fingerprint density at radius 1 is 0.889 bits per heavy atom. The summed E-state index contributed by atoms with van der Waals surface area (Å²) < 4.78 is 30.3. The second-order valence-corrected chi connectivity index (χ2v) is 10.6. The van der Waals surface area contributed by atoms with Crippen LogP contribution >= 0.6 is 0 Å². The maximum Gasteiger partial charge on any atom is 0.257 e. The van der Waals surface area contributed by atoms with E-state index in [2.05, 4.69) is 10.2 Å². The van der Waals surface area contributed by atoms with Gasteiger partial charge in [0.05, 0.1) is 17.6 Å². The van der Waals surface area contributed by atoms with Crippen molar-refractivity contribution in [2.45, 2.75) is 11.8 Å². The minimum Gasteiger partial charge on any atom is -0.496 e. The van der Waals surface area contributed by atoms with E-state index in [0.717, 1.165) is 11.3 Å². The fraction of sp³-hybridized carbons (Fsp3) is 0.259. The molecule has 0 bridgehead atoms. The lowest BCUT2D eigenvalue weighted by Gasteiger charge is -2.36. The Balaban J connectivity index is 1.31. The Kier molecular flexibility index (Phi) is 7.59. The highest BCUT2D eigenvalue weighted by Crippen LogP contribution is 2.23. The van der Waals surface area contributed by atoms with Crippen molar-refractivity contribution in [1.29, 1.82) is 0 Å². The van der Waals surface area contributed by atoms with Gasteiger partial charge in [-0.15, -0.1) is 0 Å². The number of carbonyl (C=O) groups excluding carboxylic acids is 2. The molecule has 3 aromatic rings. The first kappa shape index (κ1) is 25.2. The molecule has 1 aliphatic heterocycles. The average Bonchev–Trinajstić information content (AvgIpc) is 2.88. The van der Waals surface area contributed by atoms with Gasteiger partial charge in [0.1, 0.15) is 11.5 Å². The van der Waals surface area contributed by atoms with Crippen LogP contribution in [0.4, 0.5) is 11.4 Å². The Morgan fingerprint density at radius 2 is 1.53 bits per heavy atom. The van der Waals surface area contributed by atoms with E-state index in [1.807, 2.05) is 36.1 Å². The molecule has 1 fully saturated rings. The molecular weight excluding hydrogens is 478 g/mol. The number of hydrogen-bond donors (Lipinski definition) is 1. The number of benzene rings is 3. The van der Waals surface area contributed by atoms with Crippen LogP contribution in [0.15, 0.2) is 77.7 Å². The molecular formula is C27H29N3O5S. The largest absolute Gasteiger partial charge is 0.496 e. The fourth-order valence-electron chi connectivity index (χ4n) is 4.11. The third-order valence-corrected chi connectivity index (χ3v) is 7.75. The standard InChI is InChI=1S/C27H29N3O5S/c1-20-7-13-23(14-8-20)36(33,34)19-26(31)28-21-9-11-22(12-10-21)29-15-17-30(18-16-29)27(32)24-5-3-4-6-25(24)35-2/h3-14H,15-19H2,1-2H3,(H,28,31). The number of nitrogens with zero attached hydrogens (tertiary/aromatic N) is 2. The highest BCUT2D eigenvalue weighted by molar-refractivity contribution is 7.92. The molecule has 36 heavy (non-hydrogen) atoms. The number of rotatable bonds is 7. The molecule has 0 radical (unpaired) electrons. The number of nitrogens with one attached hydrogen (secondary N) is 1. The van der Waals surface area contributed by atoms with E-state index in [9.17, 15) is 18.0 Å². The van der Waals surface area contributed by atoms with E-state index < -0.39 is 21.5 Å². The molecule has 8 nitrogen and oxygen atoms in total. The van der Waals surface area contributed by atoms with Crippen LogP contribution in [0.3, 0.4) is 0 Å². The van der Waals surface area contributed by atoms with Crippen LogP contribution in [-0.4, -0.2) is 64.2 Å². The summed E-state index contributed by atoms with van der Waals surface area (Å²) >= 11 is 0. The number of amides is 2. The number of piperazine rings is 1. The summed E-state index contributed by atoms with van der Waals surface area (Å²) in [5.74, 6) is -0.702. The van der Waals surface area contributed by atoms with Crippen molar-refractivity contribution < 1.29 is 22.7 Å². The number of methoxy groups -OCH3 is 1. The first-order chi connectivity index (χ1) is 17.3. The van der Waals surface area contributed by atoms with Gasteiger partial charge in [0.2, 0.25) is 5.91 Å². The van der Waals surface area contributed by atoms with Gasteiger partial charge in [0, 0.05) is 37.6 Å². The summed E-state index contributed by atoms with van der Waals surface area (Å²) in [7, 11) is -2.16. The SMILES string of the molecule is COc1ccccc1C(=O)N1CCN(c2ccc(NC(=O)CS(=O)(=O)c3ccc(C)cc3)cc2)CC1. The summed E-state index contributed by atoms with van der Waals surface area (Å²) in [4.78, 5) is 29.4. The molecule has 188 valence electrons. The summed E-state index contributed by atoms with van der Waals surface area (Å²) in [5, 5.41) is 2.66. The van der Waals surface area contributed by atoms with Crippen molar-refractivity contribution in [3.63, 3.8) is 0 Å². The molecule has 0 unspecified atom stereocenters. The van der Waals surface area contributed by atoms with Gasteiger partial charge in [0.15, 0.2) is 9.84 Å². The molecule has 2 amide bonds. The molecule has 1 aliphatic rings. The number of ether oxygens (including phenoxy) is 1. The number of hydrogen-bond acceptors (Lipinski definition) is 6. The highest BCUT2D eigenvalue weighted by Gasteiger charge is 2.24. The quantitative estimate of drug-likeness (QED) is 0.527. The fourth-order valence-corrected chi connectivity index (χ4v) is 5.25. The minimum atomic E-state index is -3.72. The number of carbonyl (C=O) groups is 2. The van der Waals surface area contributed by atoms with Gasteiger partial charge < -0.3 is 19.9 Å². The molecule has 1 saturated heterocycles. The van der Waals surface area contributed by atoms with Gasteiger partial charge in [-0.05, 0) is 55.5 Å². The van der Waals surface area contributed by atoms with Crippen molar-refractivity contribution in [2.75, 3.05) is 49.3 Å². The molecule has 9 heteroatoms. The second-order valence-electron chi connectivity index (χ2n) is 8.65. The van der Waals surface area contributed by atoms with E-state index in [1.54, 1.807) is 43.5 Å². The molecule has 4 rings (SSSR count). The van der Waals surface area contributed by atoms with Gasteiger partial charge >= 0.3 is 0 Å². The van der Waals surface area contributed by atoms with Gasteiger partial charge in [-0.25, -0.2) is 8.42 Å². The smallest absolute Gasteiger partial charge is 0.257 e. The third kappa shape index (κ3) is 5.85. The summed E-state index contributed by atoms with van der Waals surface area (Å²) in [5.41, 5.74) is 2.98.